The molecule has 0 bridgehead atoms. The van der Waals surface area contributed by atoms with E-state index in [1.54, 1.807) is 17.4 Å². The lowest BCUT2D eigenvalue weighted by Gasteiger charge is -2.13. The molecule has 3 aromatic carbocycles. The molecule has 6 nitrogen and oxygen atoms in total. The molecule has 15 heteroatoms. The highest BCUT2D eigenvalue weighted by Crippen LogP contribution is 2.65. The Hall–Kier alpha value is -2.76. The number of carbonyl (C=O) groups is 3. The van der Waals surface area contributed by atoms with Gasteiger partial charge in [-0.1, -0.05) is 34.8 Å². The quantitative estimate of drug-likeness (QED) is 0.178. The molecule has 1 aliphatic rings. The van der Waals surface area contributed by atoms with Gasteiger partial charge < -0.3 is 16.0 Å². The molecule has 0 aliphatic heterocycles. The maximum absolute atomic E-state index is 14.7. The van der Waals surface area contributed by atoms with E-state index in [0.717, 1.165) is 6.07 Å². The summed E-state index contributed by atoms with van der Waals surface area (Å²) in [6.45, 7) is 0. The van der Waals surface area contributed by atoms with Gasteiger partial charge >= 0.3 is 6.43 Å². The highest BCUT2D eigenvalue weighted by molar-refractivity contribution is 6.53. The monoisotopic (exact) mass is 655 g/mol. The maximum atomic E-state index is 14.7. The van der Waals surface area contributed by atoms with Crippen LogP contribution in [-0.2, 0) is 9.59 Å². The fourth-order valence-corrected chi connectivity index (χ4v) is 5.53. The second-order valence-electron chi connectivity index (χ2n) is 8.54. The van der Waals surface area contributed by atoms with Crippen LogP contribution in [0.3, 0.4) is 0 Å². The molecular formula is C25H14Cl5F4N3O3. The number of amides is 3. The van der Waals surface area contributed by atoms with Gasteiger partial charge in [-0.15, -0.1) is 23.2 Å². The van der Waals surface area contributed by atoms with Crippen LogP contribution in [0.25, 0.3) is 0 Å². The first-order valence-electron chi connectivity index (χ1n) is 11.0. The van der Waals surface area contributed by atoms with Crippen molar-refractivity contribution in [2.75, 3.05) is 16.0 Å². The number of nitrogens with one attached hydrogen (secondary N) is 3. The standard InChI is InChI=1S/C25H14Cl5F4N3O3/c26-10-5-9(6-11(27)7-10)17-18(25(17,29)30)23(39)35-12-1-2-14(28)13(8-12)22(38)37-20-15(31)3-4-16(19(20)32)36-24(40)21(33)34/h1-8,17-18,21H,(H,35,39)(H,36,40)(H,37,38)/t17-,18+/m0/s1. The van der Waals surface area contributed by atoms with Gasteiger partial charge in [0.05, 0.1) is 22.2 Å². The predicted octanol–water partition coefficient (Wildman–Crippen LogP) is 7.91. The van der Waals surface area contributed by atoms with Gasteiger partial charge in [0, 0.05) is 21.7 Å². The summed E-state index contributed by atoms with van der Waals surface area (Å²) in [6, 6.07) is 9.74. The molecule has 0 heterocycles. The Balaban J connectivity index is 1.53. The number of rotatable bonds is 7. The SMILES string of the molecule is O=C(Nc1c(F)ccc(NC(=O)C(F)F)c1F)c1cc(NC(=O)[C@H]2[C@H](c3cc(Cl)cc(Cl)c3)C2(Cl)Cl)ccc1Cl. The minimum Gasteiger partial charge on any atom is -0.326 e. The van der Waals surface area contributed by atoms with Crippen molar-refractivity contribution < 1.29 is 31.9 Å². The molecular weight excluding hydrogens is 644 g/mol. The van der Waals surface area contributed by atoms with Crippen molar-refractivity contribution in [2.45, 2.75) is 16.7 Å². The van der Waals surface area contributed by atoms with Crippen LogP contribution in [0.2, 0.25) is 15.1 Å². The summed E-state index contributed by atoms with van der Waals surface area (Å²) in [4.78, 5) is 37.1. The first kappa shape index (κ1) is 30.2. The van der Waals surface area contributed by atoms with Crippen molar-refractivity contribution in [3.8, 4) is 0 Å². The van der Waals surface area contributed by atoms with Crippen LogP contribution < -0.4 is 16.0 Å². The Labute approximate surface area is 248 Å². The highest BCUT2D eigenvalue weighted by Gasteiger charge is 2.67. The number of hydrogen-bond acceptors (Lipinski definition) is 3. The summed E-state index contributed by atoms with van der Waals surface area (Å²) in [6.07, 6.45) is -3.46. The van der Waals surface area contributed by atoms with E-state index in [1.807, 2.05) is 5.32 Å². The third-order valence-corrected chi connectivity index (χ3v) is 7.55. The van der Waals surface area contributed by atoms with Gasteiger partial charge in [-0.05, 0) is 54.1 Å². The maximum Gasteiger partial charge on any atom is 0.315 e. The summed E-state index contributed by atoms with van der Waals surface area (Å²) < 4.78 is 52.6. The summed E-state index contributed by atoms with van der Waals surface area (Å²) in [5.41, 5.74) is -1.53. The van der Waals surface area contributed by atoms with Gasteiger partial charge in [-0.25, -0.2) is 8.78 Å². The number of anilines is 3. The second kappa shape index (κ2) is 11.6. The van der Waals surface area contributed by atoms with E-state index in [4.69, 9.17) is 58.0 Å². The van der Waals surface area contributed by atoms with Crippen molar-refractivity contribution in [1.29, 1.82) is 0 Å². The van der Waals surface area contributed by atoms with Crippen LogP contribution >= 0.6 is 58.0 Å². The zero-order chi connectivity index (χ0) is 29.5. The van der Waals surface area contributed by atoms with Gasteiger partial charge in [0.25, 0.3) is 11.8 Å². The molecule has 1 fully saturated rings. The Kier molecular flexibility index (Phi) is 8.77. The van der Waals surface area contributed by atoms with E-state index in [-0.39, 0.29) is 16.3 Å². The van der Waals surface area contributed by atoms with Crippen molar-refractivity contribution >= 4 is 92.8 Å². The molecule has 40 heavy (non-hydrogen) atoms. The minimum absolute atomic E-state index is 0.0670. The molecule has 2 atom stereocenters. The minimum atomic E-state index is -3.46. The molecule has 3 N–H and O–H groups in total. The van der Waals surface area contributed by atoms with Crippen molar-refractivity contribution in [1.82, 2.24) is 0 Å². The van der Waals surface area contributed by atoms with Crippen LogP contribution in [-0.4, -0.2) is 28.5 Å². The molecule has 0 saturated heterocycles. The lowest BCUT2D eigenvalue weighted by Crippen LogP contribution is -2.22. The molecule has 3 aromatic rings. The fourth-order valence-electron chi connectivity index (χ4n) is 3.95. The van der Waals surface area contributed by atoms with Crippen LogP contribution in [0, 0.1) is 17.6 Å². The summed E-state index contributed by atoms with van der Waals surface area (Å²) >= 11 is 30.9. The molecule has 3 amide bonds. The van der Waals surface area contributed by atoms with E-state index >= 15 is 0 Å². The molecule has 0 unspecified atom stereocenters. The van der Waals surface area contributed by atoms with Gasteiger partial charge in [0.15, 0.2) is 5.82 Å². The first-order chi connectivity index (χ1) is 18.7. The molecule has 0 aromatic heterocycles. The van der Waals surface area contributed by atoms with Crippen LogP contribution in [0.15, 0.2) is 48.5 Å². The van der Waals surface area contributed by atoms with Crippen LogP contribution in [0.5, 0.6) is 0 Å². The van der Waals surface area contributed by atoms with E-state index in [1.165, 1.54) is 18.2 Å². The zero-order valence-corrected chi connectivity index (χ0v) is 23.3. The summed E-state index contributed by atoms with van der Waals surface area (Å²) in [5, 5.41) is 6.59. The number of carbonyl (C=O) groups excluding carboxylic acids is 3. The normalized spacial score (nSPS) is 17.4. The molecule has 4 rings (SSSR count). The summed E-state index contributed by atoms with van der Waals surface area (Å²) in [5.74, 6) is -7.90. The van der Waals surface area contributed by atoms with Gasteiger partial charge in [-0.3, -0.25) is 14.4 Å². The number of alkyl halides is 4. The van der Waals surface area contributed by atoms with E-state index in [2.05, 4.69) is 5.32 Å². The third-order valence-electron chi connectivity index (χ3n) is 5.84. The van der Waals surface area contributed by atoms with Gasteiger partial charge in [-0.2, -0.15) is 8.78 Å². The van der Waals surface area contributed by atoms with E-state index < -0.39 is 63.3 Å². The molecule has 1 saturated carbocycles. The second-order valence-corrected chi connectivity index (χ2v) is 11.3. The molecule has 0 radical (unpaired) electrons. The lowest BCUT2D eigenvalue weighted by molar-refractivity contribution is -0.126. The Morgan fingerprint density at radius 1 is 0.850 bits per heavy atom. The average molecular weight is 658 g/mol. The zero-order valence-electron chi connectivity index (χ0n) is 19.5. The third kappa shape index (κ3) is 6.26. The molecule has 210 valence electrons. The first-order valence-corrected chi connectivity index (χ1v) is 12.9. The Morgan fingerprint density at radius 2 is 1.50 bits per heavy atom. The topological polar surface area (TPSA) is 87.3 Å². The number of hydrogen-bond donors (Lipinski definition) is 3. The smallest absolute Gasteiger partial charge is 0.315 e. The predicted molar refractivity (Wildman–Crippen MR) is 146 cm³/mol. The number of benzene rings is 3. The average Bonchev–Trinajstić information content (AvgIpc) is 3.45. The van der Waals surface area contributed by atoms with Crippen molar-refractivity contribution in [3.63, 3.8) is 0 Å². The van der Waals surface area contributed by atoms with Crippen LogP contribution in [0.1, 0.15) is 21.8 Å². The van der Waals surface area contributed by atoms with Gasteiger partial charge in [0.2, 0.25) is 5.91 Å². The van der Waals surface area contributed by atoms with Crippen LogP contribution in [0.4, 0.5) is 34.6 Å². The van der Waals surface area contributed by atoms with Gasteiger partial charge in [0.1, 0.15) is 15.8 Å². The molecule has 0 spiro atoms. The Morgan fingerprint density at radius 3 is 2.12 bits per heavy atom. The lowest BCUT2D eigenvalue weighted by atomic mass is 10.1. The van der Waals surface area contributed by atoms with E-state index in [0.29, 0.717) is 27.7 Å². The van der Waals surface area contributed by atoms with E-state index in [9.17, 15) is 31.9 Å². The molecule has 1 aliphatic carbocycles. The van der Waals surface area contributed by atoms with Crippen molar-refractivity contribution in [2.24, 2.45) is 5.92 Å². The fraction of sp³-hybridized carbons (Fsp3) is 0.160. The van der Waals surface area contributed by atoms with Crippen molar-refractivity contribution in [3.05, 3.63) is 86.4 Å². The largest absolute Gasteiger partial charge is 0.326 e. The summed E-state index contributed by atoms with van der Waals surface area (Å²) in [7, 11) is 0. The number of halogens is 9. The highest BCUT2D eigenvalue weighted by atomic mass is 35.5. The Bertz CT molecular complexity index is 1520.